The molecule has 1 aromatic rings. The van der Waals surface area contributed by atoms with Crippen LogP contribution in [0.3, 0.4) is 0 Å². The summed E-state index contributed by atoms with van der Waals surface area (Å²) in [6.45, 7) is 10.4. The van der Waals surface area contributed by atoms with Gasteiger partial charge in [-0.15, -0.1) is 0 Å². The molecule has 3 aliphatic rings. The molecule has 128 valence electrons. The van der Waals surface area contributed by atoms with Gasteiger partial charge in [0.2, 0.25) is 11.8 Å². The summed E-state index contributed by atoms with van der Waals surface area (Å²) in [6.07, 6.45) is 1.29. The van der Waals surface area contributed by atoms with E-state index in [0.717, 1.165) is 11.3 Å². The number of rotatable bonds is 1. The first-order valence-corrected chi connectivity index (χ1v) is 8.75. The summed E-state index contributed by atoms with van der Waals surface area (Å²) < 4.78 is 5.88. The number of fused-ring (bicyclic) bond motifs is 2. The first kappa shape index (κ1) is 15.8. The molecule has 4 atom stereocenters. The van der Waals surface area contributed by atoms with Crippen molar-refractivity contribution in [2.45, 2.75) is 64.1 Å². The second-order valence-electron chi connectivity index (χ2n) is 8.96. The Morgan fingerprint density at radius 2 is 1.50 bits per heavy atom. The lowest BCUT2D eigenvalue weighted by atomic mass is 9.70. The summed E-state index contributed by atoms with van der Waals surface area (Å²) in [4.78, 5) is 27.6. The molecule has 1 saturated carbocycles. The SMILES string of the molecule is CC(C)(C)c1ccccc1N1C(=O)[C@H]2C[C@]3(C)O[C@]3(C)C[C@H]2C1=O. The van der Waals surface area contributed by atoms with E-state index in [9.17, 15) is 9.59 Å². The Morgan fingerprint density at radius 1 is 1.00 bits per heavy atom. The monoisotopic (exact) mass is 327 g/mol. The molecule has 2 amide bonds. The Balaban J connectivity index is 1.75. The fraction of sp³-hybridized carbons (Fsp3) is 0.600. The van der Waals surface area contributed by atoms with Gasteiger partial charge in [-0.25, -0.2) is 4.90 Å². The molecule has 4 rings (SSSR count). The highest BCUT2D eigenvalue weighted by molar-refractivity contribution is 6.22. The Kier molecular flexibility index (Phi) is 2.96. The van der Waals surface area contributed by atoms with Crippen LogP contribution in [0, 0.1) is 11.8 Å². The van der Waals surface area contributed by atoms with E-state index in [1.165, 1.54) is 4.90 Å². The molecule has 1 aromatic carbocycles. The molecule has 2 heterocycles. The van der Waals surface area contributed by atoms with Crippen molar-refractivity contribution in [1.82, 2.24) is 0 Å². The van der Waals surface area contributed by atoms with Gasteiger partial charge in [-0.1, -0.05) is 39.0 Å². The van der Waals surface area contributed by atoms with Crippen molar-refractivity contribution in [1.29, 1.82) is 0 Å². The van der Waals surface area contributed by atoms with Crippen molar-refractivity contribution >= 4 is 17.5 Å². The number of hydrogen-bond donors (Lipinski definition) is 0. The smallest absolute Gasteiger partial charge is 0.237 e. The predicted octanol–water partition coefficient (Wildman–Crippen LogP) is 3.43. The highest BCUT2D eigenvalue weighted by Crippen LogP contribution is 2.62. The number of anilines is 1. The molecule has 0 unspecified atom stereocenters. The van der Waals surface area contributed by atoms with Crippen LogP contribution >= 0.6 is 0 Å². The zero-order valence-electron chi connectivity index (χ0n) is 15.1. The topological polar surface area (TPSA) is 49.9 Å². The van der Waals surface area contributed by atoms with E-state index in [2.05, 4.69) is 34.6 Å². The van der Waals surface area contributed by atoms with Gasteiger partial charge in [0, 0.05) is 0 Å². The van der Waals surface area contributed by atoms with Gasteiger partial charge in [-0.2, -0.15) is 0 Å². The van der Waals surface area contributed by atoms with E-state index >= 15 is 0 Å². The third-order valence-electron chi connectivity index (χ3n) is 6.26. The third kappa shape index (κ3) is 1.95. The largest absolute Gasteiger partial charge is 0.363 e. The van der Waals surface area contributed by atoms with Crippen LogP contribution in [0.15, 0.2) is 24.3 Å². The molecule has 0 spiro atoms. The van der Waals surface area contributed by atoms with Gasteiger partial charge in [-0.05, 0) is 43.7 Å². The highest BCUT2D eigenvalue weighted by atomic mass is 16.6. The van der Waals surface area contributed by atoms with Crippen LogP contribution in [0.1, 0.15) is 53.0 Å². The van der Waals surface area contributed by atoms with E-state index in [0.29, 0.717) is 12.8 Å². The predicted molar refractivity (Wildman–Crippen MR) is 91.7 cm³/mol. The molecule has 3 fully saturated rings. The number of benzene rings is 1. The van der Waals surface area contributed by atoms with Gasteiger partial charge in [0.1, 0.15) is 0 Å². The maximum absolute atomic E-state index is 13.1. The lowest BCUT2D eigenvalue weighted by Gasteiger charge is -2.26. The first-order chi connectivity index (χ1) is 11.1. The molecular formula is C20H25NO3. The molecule has 24 heavy (non-hydrogen) atoms. The van der Waals surface area contributed by atoms with Crippen LogP contribution in [-0.2, 0) is 19.7 Å². The third-order valence-corrected chi connectivity index (χ3v) is 6.26. The van der Waals surface area contributed by atoms with Crippen LogP contribution in [0.2, 0.25) is 0 Å². The number of carbonyl (C=O) groups excluding carboxylic acids is 2. The minimum absolute atomic E-state index is 0.0551. The fourth-order valence-corrected chi connectivity index (χ4v) is 4.61. The van der Waals surface area contributed by atoms with Crippen LogP contribution in [0.5, 0.6) is 0 Å². The number of para-hydroxylation sites is 1. The van der Waals surface area contributed by atoms with Gasteiger partial charge in [0.25, 0.3) is 0 Å². The average molecular weight is 327 g/mol. The van der Waals surface area contributed by atoms with Gasteiger partial charge in [0.05, 0.1) is 28.7 Å². The molecule has 2 saturated heterocycles. The Labute approximate surface area is 143 Å². The number of carbonyl (C=O) groups is 2. The summed E-state index contributed by atoms with van der Waals surface area (Å²) >= 11 is 0. The standard InChI is InChI=1S/C20H25NO3/c1-18(2,3)14-8-6-7-9-15(14)21-16(22)12-10-19(4)20(5,24-19)11-13(12)17(21)23/h6-9,12-13H,10-11H2,1-5H3/t12-,13+,19-,20+. The van der Waals surface area contributed by atoms with E-state index in [1.54, 1.807) is 0 Å². The van der Waals surface area contributed by atoms with Crippen molar-refractivity contribution in [3.63, 3.8) is 0 Å². The summed E-state index contributed by atoms with van der Waals surface area (Å²) in [5, 5.41) is 0. The van der Waals surface area contributed by atoms with E-state index in [1.807, 2.05) is 24.3 Å². The lowest BCUT2D eigenvalue weighted by Crippen LogP contribution is -2.37. The Bertz CT molecular complexity index is 715. The van der Waals surface area contributed by atoms with Crippen molar-refractivity contribution < 1.29 is 14.3 Å². The minimum Gasteiger partial charge on any atom is -0.363 e. The molecule has 0 bridgehead atoms. The molecule has 1 aliphatic carbocycles. The number of nitrogens with zero attached hydrogens (tertiary/aromatic N) is 1. The van der Waals surface area contributed by atoms with Gasteiger partial charge in [0.15, 0.2) is 0 Å². The number of amides is 2. The van der Waals surface area contributed by atoms with Crippen LogP contribution in [-0.4, -0.2) is 23.0 Å². The fourth-order valence-electron chi connectivity index (χ4n) is 4.61. The average Bonchev–Trinajstić information content (AvgIpc) is 2.98. The Morgan fingerprint density at radius 3 is 2.00 bits per heavy atom. The zero-order chi connectivity index (χ0) is 17.5. The van der Waals surface area contributed by atoms with Crippen molar-refractivity contribution in [2.75, 3.05) is 4.90 Å². The van der Waals surface area contributed by atoms with E-state index < -0.39 is 0 Å². The molecule has 0 aromatic heterocycles. The quantitative estimate of drug-likeness (QED) is 0.586. The summed E-state index contributed by atoms with van der Waals surface area (Å²) in [5.41, 5.74) is 1.16. The highest BCUT2D eigenvalue weighted by Gasteiger charge is 2.71. The van der Waals surface area contributed by atoms with E-state index in [4.69, 9.17) is 4.74 Å². The van der Waals surface area contributed by atoms with Crippen LogP contribution in [0.4, 0.5) is 5.69 Å². The van der Waals surface area contributed by atoms with Gasteiger partial charge < -0.3 is 4.74 Å². The summed E-state index contributed by atoms with van der Waals surface area (Å²) in [5.74, 6) is -0.599. The second kappa shape index (κ2) is 4.48. The van der Waals surface area contributed by atoms with Crippen molar-refractivity contribution in [3.8, 4) is 0 Å². The number of ether oxygens (including phenoxy) is 1. The molecule has 0 radical (unpaired) electrons. The molecule has 0 N–H and O–H groups in total. The van der Waals surface area contributed by atoms with Gasteiger partial charge >= 0.3 is 0 Å². The van der Waals surface area contributed by atoms with Crippen molar-refractivity contribution in [2.24, 2.45) is 11.8 Å². The lowest BCUT2D eigenvalue weighted by molar-refractivity contribution is -0.122. The van der Waals surface area contributed by atoms with Crippen LogP contribution < -0.4 is 4.90 Å². The molecule has 4 nitrogen and oxygen atoms in total. The maximum Gasteiger partial charge on any atom is 0.237 e. The number of imide groups is 1. The maximum atomic E-state index is 13.1. The number of hydrogen-bond acceptors (Lipinski definition) is 3. The van der Waals surface area contributed by atoms with Crippen molar-refractivity contribution in [3.05, 3.63) is 29.8 Å². The van der Waals surface area contributed by atoms with Crippen LogP contribution in [0.25, 0.3) is 0 Å². The molecule has 2 aliphatic heterocycles. The number of epoxide rings is 1. The summed E-state index contributed by atoms with van der Waals surface area (Å²) in [6, 6.07) is 7.78. The molecular weight excluding hydrogens is 302 g/mol. The minimum atomic E-state index is -0.246. The summed E-state index contributed by atoms with van der Waals surface area (Å²) in [7, 11) is 0. The zero-order valence-corrected chi connectivity index (χ0v) is 15.1. The van der Waals surface area contributed by atoms with E-state index in [-0.39, 0.29) is 40.3 Å². The normalized spacial score (nSPS) is 38.1. The van der Waals surface area contributed by atoms with Gasteiger partial charge in [-0.3, -0.25) is 9.59 Å². The second-order valence-corrected chi connectivity index (χ2v) is 8.96. The first-order valence-electron chi connectivity index (χ1n) is 8.75. The molecule has 4 heteroatoms. The Hall–Kier alpha value is -1.68.